The second kappa shape index (κ2) is 8.71. The zero-order valence-electron chi connectivity index (χ0n) is 16.1. The highest BCUT2D eigenvalue weighted by molar-refractivity contribution is 6.05. The van der Waals surface area contributed by atoms with Crippen molar-refractivity contribution >= 4 is 11.6 Å². The first-order valence-electron chi connectivity index (χ1n) is 9.37. The minimum absolute atomic E-state index is 0.0907. The Morgan fingerprint density at radius 2 is 2.00 bits per heavy atom. The number of oxime groups is 1. The van der Waals surface area contributed by atoms with Gasteiger partial charge >= 0.3 is 0 Å². The van der Waals surface area contributed by atoms with E-state index >= 15 is 0 Å². The van der Waals surface area contributed by atoms with Crippen LogP contribution >= 0.6 is 0 Å². The zero-order valence-corrected chi connectivity index (χ0v) is 16.1. The summed E-state index contributed by atoms with van der Waals surface area (Å²) in [5, 5.41) is 7.13. The minimum atomic E-state index is -0.619. The van der Waals surface area contributed by atoms with Gasteiger partial charge in [0.15, 0.2) is 0 Å². The molecule has 5 nitrogen and oxygen atoms in total. The van der Waals surface area contributed by atoms with Crippen LogP contribution < -0.4 is 10.1 Å². The summed E-state index contributed by atoms with van der Waals surface area (Å²) in [5.41, 5.74) is 3.97. The molecule has 1 aliphatic rings. The van der Waals surface area contributed by atoms with Crippen molar-refractivity contribution in [3.8, 4) is 5.75 Å². The Hall–Kier alpha value is -2.82. The molecule has 0 bridgehead atoms. The summed E-state index contributed by atoms with van der Waals surface area (Å²) in [6.07, 6.45) is 2.00. The fraction of sp³-hybridized carbons (Fsp3) is 0.364. The second-order valence-corrected chi connectivity index (χ2v) is 6.76. The number of amides is 1. The molecule has 5 heteroatoms. The van der Waals surface area contributed by atoms with Gasteiger partial charge < -0.3 is 14.9 Å². The number of carbonyl (C=O) groups is 1. The normalized spacial score (nSPS) is 17.0. The first-order chi connectivity index (χ1) is 13.1. The van der Waals surface area contributed by atoms with Crippen LogP contribution in [0.4, 0.5) is 0 Å². The van der Waals surface area contributed by atoms with E-state index in [2.05, 4.69) is 41.7 Å². The molecule has 0 saturated carbocycles. The van der Waals surface area contributed by atoms with Gasteiger partial charge in [0.25, 0.3) is 5.91 Å². The predicted octanol–water partition coefficient (Wildman–Crippen LogP) is 4.02. The van der Waals surface area contributed by atoms with E-state index in [0.29, 0.717) is 6.42 Å². The quantitative estimate of drug-likeness (QED) is 0.805. The lowest BCUT2D eigenvalue weighted by Gasteiger charge is -2.17. The zero-order chi connectivity index (χ0) is 19.2. The molecule has 1 N–H and O–H groups in total. The molecule has 0 aliphatic carbocycles. The van der Waals surface area contributed by atoms with E-state index in [0.717, 1.165) is 35.4 Å². The van der Waals surface area contributed by atoms with Gasteiger partial charge in [-0.2, -0.15) is 0 Å². The summed E-state index contributed by atoms with van der Waals surface area (Å²) in [4.78, 5) is 18.0. The maximum Gasteiger partial charge on any atom is 0.264 e. The number of carbonyl (C=O) groups excluding carboxylic acids is 1. The van der Waals surface area contributed by atoms with Crippen molar-refractivity contribution in [3.63, 3.8) is 0 Å². The molecule has 0 radical (unpaired) electrons. The van der Waals surface area contributed by atoms with Gasteiger partial charge in [-0.3, -0.25) is 4.79 Å². The first-order valence-corrected chi connectivity index (χ1v) is 9.37. The number of nitrogens with one attached hydrogen (secondary N) is 1. The Balaban J connectivity index is 1.59. The average Bonchev–Trinajstić information content (AvgIpc) is 3.19. The van der Waals surface area contributed by atoms with Gasteiger partial charge in [-0.1, -0.05) is 54.9 Å². The second-order valence-electron chi connectivity index (χ2n) is 6.76. The summed E-state index contributed by atoms with van der Waals surface area (Å²) >= 11 is 0. The van der Waals surface area contributed by atoms with Gasteiger partial charge in [-0.05, 0) is 36.6 Å². The number of aryl methyl sites for hydroxylation is 1. The topological polar surface area (TPSA) is 59.9 Å². The van der Waals surface area contributed by atoms with E-state index in [9.17, 15) is 4.79 Å². The Kier molecular flexibility index (Phi) is 6.12. The number of rotatable bonds is 7. The van der Waals surface area contributed by atoms with Crippen LogP contribution in [0.15, 0.2) is 53.7 Å². The summed E-state index contributed by atoms with van der Waals surface area (Å²) in [5.74, 6) is 0.565. The fourth-order valence-corrected chi connectivity index (χ4v) is 3.21. The molecule has 2 atom stereocenters. The van der Waals surface area contributed by atoms with Crippen LogP contribution in [0.2, 0.25) is 0 Å². The molecule has 3 rings (SSSR count). The van der Waals surface area contributed by atoms with Crippen LogP contribution in [0, 0.1) is 0 Å². The first kappa shape index (κ1) is 19.0. The summed E-state index contributed by atoms with van der Waals surface area (Å²) in [6.45, 7) is 4.14. The Labute approximate surface area is 160 Å². The van der Waals surface area contributed by atoms with E-state index < -0.39 is 6.10 Å². The lowest BCUT2D eigenvalue weighted by Crippen LogP contribution is -2.36. The van der Waals surface area contributed by atoms with Crippen molar-refractivity contribution in [1.29, 1.82) is 0 Å². The lowest BCUT2D eigenvalue weighted by atomic mass is 10.0. The molecule has 27 heavy (non-hydrogen) atoms. The highest BCUT2D eigenvalue weighted by Gasteiger charge is 2.30. The summed E-state index contributed by atoms with van der Waals surface area (Å²) in [6, 6.07) is 15.9. The molecule has 1 aliphatic heterocycles. The van der Waals surface area contributed by atoms with Crippen LogP contribution in [-0.2, 0) is 16.1 Å². The summed E-state index contributed by atoms with van der Waals surface area (Å²) in [7, 11) is 1.62. The van der Waals surface area contributed by atoms with E-state index in [1.807, 2.05) is 31.2 Å². The number of ether oxygens (including phenoxy) is 1. The molecule has 0 aromatic heterocycles. The van der Waals surface area contributed by atoms with Crippen molar-refractivity contribution in [2.45, 2.75) is 45.3 Å². The molecule has 1 amide bonds. The van der Waals surface area contributed by atoms with E-state index in [1.54, 1.807) is 7.11 Å². The van der Waals surface area contributed by atoms with Crippen molar-refractivity contribution in [1.82, 2.24) is 5.32 Å². The van der Waals surface area contributed by atoms with Gasteiger partial charge in [-0.25, -0.2) is 0 Å². The van der Waals surface area contributed by atoms with Crippen LogP contribution in [0.5, 0.6) is 5.75 Å². The van der Waals surface area contributed by atoms with Crippen LogP contribution in [0.3, 0.4) is 0 Å². The van der Waals surface area contributed by atoms with Crippen molar-refractivity contribution in [2.24, 2.45) is 5.16 Å². The van der Waals surface area contributed by atoms with Crippen molar-refractivity contribution in [2.75, 3.05) is 7.11 Å². The Morgan fingerprint density at radius 3 is 2.70 bits per heavy atom. The maximum absolute atomic E-state index is 12.6. The highest BCUT2D eigenvalue weighted by atomic mass is 16.6. The standard InChI is InChI=1S/C22H26N2O3/c1-4-7-16-10-12-17(13-11-16)15(2)23-22(25)21-14-19(24-27-21)18-8-5-6-9-20(18)26-3/h5-6,8-13,15,21H,4,7,14H2,1-3H3,(H,23,25). The monoisotopic (exact) mass is 366 g/mol. The predicted molar refractivity (Wildman–Crippen MR) is 106 cm³/mol. The van der Waals surface area contributed by atoms with Gasteiger partial charge in [-0.15, -0.1) is 0 Å². The molecule has 1 heterocycles. The minimum Gasteiger partial charge on any atom is -0.496 e. The van der Waals surface area contributed by atoms with Gasteiger partial charge in [0.2, 0.25) is 6.10 Å². The fourth-order valence-electron chi connectivity index (χ4n) is 3.21. The third kappa shape index (κ3) is 4.48. The average molecular weight is 366 g/mol. The Morgan fingerprint density at radius 1 is 1.26 bits per heavy atom. The van der Waals surface area contributed by atoms with Crippen LogP contribution in [0.1, 0.15) is 49.4 Å². The molecular weight excluding hydrogens is 340 g/mol. The van der Waals surface area contributed by atoms with Crippen molar-refractivity contribution < 1.29 is 14.4 Å². The SMILES string of the molecule is CCCc1ccc(C(C)NC(=O)C2CC(c3ccccc3OC)=NO2)cc1. The van der Waals surface area contributed by atoms with Crippen molar-refractivity contribution in [3.05, 3.63) is 65.2 Å². The van der Waals surface area contributed by atoms with Gasteiger partial charge in [0.1, 0.15) is 5.75 Å². The van der Waals surface area contributed by atoms with Crippen LogP contribution in [0.25, 0.3) is 0 Å². The molecule has 142 valence electrons. The van der Waals surface area contributed by atoms with Gasteiger partial charge in [0.05, 0.1) is 18.9 Å². The maximum atomic E-state index is 12.6. The molecule has 0 fully saturated rings. The highest BCUT2D eigenvalue weighted by Crippen LogP contribution is 2.25. The molecule has 2 aromatic carbocycles. The van der Waals surface area contributed by atoms with E-state index in [-0.39, 0.29) is 11.9 Å². The number of methoxy groups -OCH3 is 1. The molecule has 0 spiro atoms. The van der Waals surface area contributed by atoms with Gasteiger partial charge in [0, 0.05) is 12.0 Å². The number of para-hydroxylation sites is 1. The summed E-state index contributed by atoms with van der Waals surface area (Å²) < 4.78 is 5.37. The van der Waals surface area contributed by atoms with E-state index in [1.165, 1.54) is 5.56 Å². The molecule has 2 unspecified atom stereocenters. The number of hydrogen-bond donors (Lipinski definition) is 1. The third-order valence-corrected chi connectivity index (χ3v) is 4.76. The largest absolute Gasteiger partial charge is 0.496 e. The smallest absolute Gasteiger partial charge is 0.264 e. The Bertz CT molecular complexity index is 815. The lowest BCUT2D eigenvalue weighted by molar-refractivity contribution is -0.131. The third-order valence-electron chi connectivity index (χ3n) is 4.76. The molecule has 2 aromatic rings. The number of hydrogen-bond acceptors (Lipinski definition) is 4. The van der Waals surface area contributed by atoms with Crippen LogP contribution in [-0.4, -0.2) is 24.8 Å². The number of benzene rings is 2. The molecular formula is C22H26N2O3. The number of nitrogens with zero attached hydrogens (tertiary/aromatic N) is 1. The molecule has 0 saturated heterocycles. The van der Waals surface area contributed by atoms with E-state index in [4.69, 9.17) is 9.57 Å².